The summed E-state index contributed by atoms with van der Waals surface area (Å²) in [4.78, 5) is 21.0. The van der Waals surface area contributed by atoms with Crippen molar-refractivity contribution in [2.24, 2.45) is 0 Å². The number of hydrogen-bond donors (Lipinski definition) is 6. The van der Waals surface area contributed by atoms with Gasteiger partial charge in [0, 0.05) is 41.7 Å². The summed E-state index contributed by atoms with van der Waals surface area (Å²) in [6.45, 7) is 20.7. The molecule has 352 valence electrons. The van der Waals surface area contributed by atoms with Crippen LogP contribution in [0.15, 0.2) is 155 Å². The topological polar surface area (TPSA) is 221 Å². The Morgan fingerprint density at radius 1 is 0.768 bits per heavy atom. The molecule has 1 saturated heterocycles. The lowest BCUT2D eigenvalue weighted by molar-refractivity contribution is -0.00117. The van der Waals surface area contributed by atoms with Gasteiger partial charge in [-0.15, -0.1) is 0 Å². The number of nitrogens with zero attached hydrogens (tertiary/aromatic N) is 4. The van der Waals surface area contributed by atoms with Gasteiger partial charge in [0.25, 0.3) is 10.0 Å². The summed E-state index contributed by atoms with van der Waals surface area (Å²) in [7, 11) is -8.71. The largest absolute Gasteiger partial charge is 0.526 e. The monoisotopic (exact) mass is 968 g/mol. The molecule has 21 heteroatoms. The van der Waals surface area contributed by atoms with E-state index in [0.29, 0.717) is 52.3 Å². The molecule has 0 saturated carbocycles. The quantitative estimate of drug-likeness (QED) is 0.0921. The summed E-state index contributed by atoms with van der Waals surface area (Å²) in [5.74, 6) is 0.842. The van der Waals surface area contributed by atoms with Crippen LogP contribution in [0.25, 0.3) is 26.2 Å². The van der Waals surface area contributed by atoms with Gasteiger partial charge in [0.15, 0.2) is 5.69 Å². The number of para-hydroxylation sites is 2. The van der Waals surface area contributed by atoms with Gasteiger partial charge in [-0.25, -0.2) is 26.9 Å². The number of aromatic nitrogens is 1. The first-order valence-corrected chi connectivity index (χ1v) is 23.6. The summed E-state index contributed by atoms with van der Waals surface area (Å²) >= 11 is 1.09. The Balaban J connectivity index is 0.000000172. The molecule has 5 heterocycles. The molecule has 7 aromatic rings. The molecule has 1 fully saturated rings. The molecular formula is C48H47B3N4O12S2. The lowest BCUT2D eigenvalue weighted by Gasteiger charge is -2.43. The predicted octanol–water partition coefficient (Wildman–Crippen LogP) is 5.33. The smallest absolute Gasteiger partial charge is 0.482 e. The van der Waals surface area contributed by atoms with Crippen LogP contribution in [0.2, 0.25) is 0 Å². The first-order chi connectivity index (χ1) is 32.8. The van der Waals surface area contributed by atoms with Crippen molar-refractivity contribution in [1.82, 2.24) is 8.87 Å². The van der Waals surface area contributed by atoms with Crippen LogP contribution in [0.3, 0.4) is 0 Å². The molecule has 6 N–H and O–H groups in total. The molecule has 2 aliphatic rings. The average Bonchev–Trinajstić information content (AvgIpc) is 4.14. The number of fused-ring (bicyclic) bond motifs is 2. The zero-order chi connectivity index (χ0) is 49.9. The van der Waals surface area contributed by atoms with E-state index in [1.165, 1.54) is 36.6 Å². The van der Waals surface area contributed by atoms with Gasteiger partial charge in [0.05, 0.1) is 35.4 Å². The van der Waals surface area contributed by atoms with E-state index in [1.54, 1.807) is 59.5 Å². The van der Waals surface area contributed by atoms with E-state index in [2.05, 4.69) is 20.2 Å². The number of benzene rings is 4. The third kappa shape index (κ3) is 13.0. The van der Waals surface area contributed by atoms with E-state index >= 15 is 0 Å². The molecule has 0 radical (unpaired) electrons. The molecule has 16 nitrogen and oxygen atoms in total. The van der Waals surface area contributed by atoms with Crippen LogP contribution in [0, 0.1) is 13.1 Å². The summed E-state index contributed by atoms with van der Waals surface area (Å²) in [5.41, 5.74) is 3.24. The first-order valence-electron chi connectivity index (χ1n) is 21.3. The molecule has 1 spiro atoms. The Labute approximate surface area is 404 Å². The number of carbonyl (C=O) groups excluding carboxylic acids is 1. The van der Waals surface area contributed by atoms with Crippen LogP contribution in [-0.4, -0.2) is 99.2 Å². The molecular weight excluding hydrogens is 921 g/mol. The van der Waals surface area contributed by atoms with Crippen LogP contribution >= 0.6 is 11.3 Å². The van der Waals surface area contributed by atoms with Gasteiger partial charge in [-0.3, -0.25) is 0 Å². The van der Waals surface area contributed by atoms with E-state index in [-0.39, 0.29) is 22.2 Å². The van der Waals surface area contributed by atoms with Gasteiger partial charge in [0.1, 0.15) is 22.6 Å². The molecule has 1 amide bonds. The predicted molar refractivity (Wildman–Crippen MR) is 266 cm³/mol. The summed E-state index contributed by atoms with van der Waals surface area (Å²) in [5, 5.41) is 54.0. The van der Waals surface area contributed by atoms with Gasteiger partial charge >= 0.3 is 27.4 Å². The van der Waals surface area contributed by atoms with Crippen molar-refractivity contribution in [3.05, 3.63) is 180 Å². The lowest BCUT2D eigenvalue weighted by Crippen LogP contribution is -2.50. The molecule has 2 aliphatic heterocycles. The van der Waals surface area contributed by atoms with Gasteiger partial charge in [-0.2, -0.15) is 11.3 Å². The first kappa shape index (κ1) is 51.5. The fraction of sp³-hybridized carbons (Fsp3) is 0.188. The summed E-state index contributed by atoms with van der Waals surface area (Å²) in [6.07, 6.45) is 4.67. The Morgan fingerprint density at radius 2 is 1.45 bits per heavy atom. The minimum atomic E-state index is -3.90. The number of thiophene rings is 1. The van der Waals surface area contributed by atoms with Crippen molar-refractivity contribution in [2.75, 3.05) is 13.1 Å². The molecule has 0 aliphatic carbocycles. The van der Waals surface area contributed by atoms with E-state index in [9.17, 15) is 23.3 Å². The fourth-order valence-electron chi connectivity index (χ4n) is 7.27. The van der Waals surface area contributed by atoms with Crippen LogP contribution in [0.1, 0.15) is 44.7 Å². The fourth-order valence-corrected chi connectivity index (χ4v) is 9.49. The zero-order valence-electron chi connectivity index (χ0n) is 37.7. The van der Waals surface area contributed by atoms with E-state index in [1.807, 2.05) is 69.3 Å². The van der Waals surface area contributed by atoms with E-state index in [4.69, 9.17) is 42.7 Å². The highest BCUT2D eigenvalue weighted by atomic mass is 32.2. The molecule has 3 aromatic heterocycles. The van der Waals surface area contributed by atoms with Crippen LogP contribution in [-0.2, 0) is 14.8 Å². The third-order valence-corrected chi connectivity index (χ3v) is 13.2. The minimum Gasteiger partial charge on any atom is -0.482 e. The van der Waals surface area contributed by atoms with Gasteiger partial charge in [-0.1, -0.05) is 78.9 Å². The Kier molecular flexibility index (Phi) is 16.8. The molecule has 0 atom stereocenters. The molecule has 0 unspecified atom stereocenters. The van der Waals surface area contributed by atoms with E-state index < -0.39 is 42.6 Å². The summed E-state index contributed by atoms with van der Waals surface area (Å²) in [6, 6.07) is 38.0. The zero-order valence-corrected chi connectivity index (χ0v) is 39.3. The Hall–Kier alpha value is -6.91. The number of rotatable bonds is 6. The van der Waals surface area contributed by atoms with Crippen molar-refractivity contribution in [3.63, 3.8) is 0 Å². The maximum Gasteiger partial charge on any atom is 0.526 e. The van der Waals surface area contributed by atoms with Crippen molar-refractivity contribution >= 4 is 92.0 Å². The van der Waals surface area contributed by atoms with Crippen molar-refractivity contribution in [3.8, 4) is 5.75 Å². The minimum absolute atomic E-state index is 0.0833. The van der Waals surface area contributed by atoms with Crippen LogP contribution in [0.4, 0.5) is 15.5 Å². The van der Waals surface area contributed by atoms with Gasteiger partial charge in [-0.05, 0) is 92.6 Å². The average molecular weight is 968 g/mol. The second-order valence-electron chi connectivity index (χ2n) is 16.5. The van der Waals surface area contributed by atoms with Crippen molar-refractivity contribution in [2.45, 2.75) is 49.7 Å². The van der Waals surface area contributed by atoms with Crippen LogP contribution in [0.5, 0.6) is 5.75 Å². The second kappa shape index (κ2) is 22.5. The highest BCUT2D eigenvalue weighted by molar-refractivity contribution is 7.90. The van der Waals surface area contributed by atoms with Crippen molar-refractivity contribution in [1.29, 1.82) is 0 Å². The molecule has 0 bridgehead atoms. The number of furan rings is 1. The standard InChI is InChI=1S/C25H26N2O3.C14H12BNO4S.C5H4BNO2S.C4H5BO3/c1-24(2,3)30-23(28)27-14-12-25(13-15-27)17-21(18-8-7-9-19(16-18)26-4)20-10-5-6-11-22(20)29-25;17-15(18)14-10-11-6-4-5-9-13(11)16(14)21(19,20)12-7-2-1-3-8-12;1-7-5-3-2-4(10-5)6(8)9;6-5(7)4-2-1-3-8-4/h5-11,16-17H,12-15H2,1-3H3;1-10,17-18H;2-3,8-9H;1-3,6-7H. The number of ether oxygens (including phenoxy) is 2. The SMILES string of the molecule is O=S(=O)(c1ccccc1)n1c(B(O)O)cc2ccccc21.OB(O)c1ccco1.[C-]#[N+]c1ccc(B(O)O)s1.[C-]#[N+]c1cccc(C2=CC3(CCN(C(=O)OC(C)(C)C)CC3)Oc3ccccc32)c1. The second-order valence-corrected chi connectivity index (χ2v) is 19.4. The van der Waals surface area contributed by atoms with Crippen molar-refractivity contribution < 1.29 is 57.2 Å². The summed E-state index contributed by atoms with van der Waals surface area (Å²) < 4.78 is 43.5. The number of piperidine rings is 1. The highest BCUT2D eigenvalue weighted by Crippen LogP contribution is 2.44. The number of hydrogen-bond acceptors (Lipinski definition) is 13. The molecule has 69 heavy (non-hydrogen) atoms. The Morgan fingerprint density at radius 3 is 2.03 bits per heavy atom. The normalized spacial score (nSPS) is 13.5. The highest BCUT2D eigenvalue weighted by Gasteiger charge is 2.41. The third-order valence-electron chi connectivity index (χ3n) is 10.5. The lowest BCUT2D eigenvalue weighted by atomic mass is 9.83. The van der Waals surface area contributed by atoms with Gasteiger partial charge < -0.3 is 48.9 Å². The Bertz CT molecular complexity index is 3080. The van der Waals surface area contributed by atoms with Gasteiger partial charge in [0.2, 0.25) is 5.00 Å². The molecule has 4 aromatic carbocycles. The van der Waals surface area contributed by atoms with Crippen LogP contribution < -0.4 is 20.8 Å². The molecule has 9 rings (SSSR count). The maximum absolute atomic E-state index is 12.8. The number of amides is 1. The maximum atomic E-state index is 12.8. The number of likely N-dealkylation sites (tertiary alicyclic amines) is 1. The van der Waals surface area contributed by atoms with E-state index in [0.717, 1.165) is 37.8 Å². The number of carbonyl (C=O) groups is 1.